The standard InChI is InChI=1S/C10H17N3O4/c1-5-6(7(14)11-5)8(15)12-13-9(16)17-10(2,3)4/h5-6H,1-4H3,(H,11,14)(H,12,15)(H,13,16)/t5-,6-/m0/s1. The molecule has 7 heteroatoms. The Kier molecular flexibility index (Phi) is 3.59. The van der Waals surface area contributed by atoms with Gasteiger partial charge < -0.3 is 10.1 Å². The van der Waals surface area contributed by atoms with E-state index in [1.807, 2.05) is 0 Å². The average molecular weight is 243 g/mol. The number of hydrogen-bond donors (Lipinski definition) is 3. The topological polar surface area (TPSA) is 96.5 Å². The predicted molar refractivity (Wildman–Crippen MR) is 58.6 cm³/mol. The first kappa shape index (κ1) is 13.3. The Morgan fingerprint density at radius 1 is 1.29 bits per heavy atom. The van der Waals surface area contributed by atoms with Gasteiger partial charge in [0, 0.05) is 6.04 Å². The van der Waals surface area contributed by atoms with Crippen molar-refractivity contribution < 1.29 is 19.1 Å². The molecule has 0 bridgehead atoms. The van der Waals surface area contributed by atoms with Crippen LogP contribution in [0.15, 0.2) is 0 Å². The highest BCUT2D eigenvalue weighted by atomic mass is 16.6. The summed E-state index contributed by atoms with van der Waals surface area (Å²) < 4.78 is 4.91. The first-order chi connectivity index (χ1) is 7.70. The van der Waals surface area contributed by atoms with Gasteiger partial charge in [-0.3, -0.25) is 15.0 Å². The van der Waals surface area contributed by atoms with E-state index < -0.39 is 23.5 Å². The van der Waals surface area contributed by atoms with Gasteiger partial charge in [-0.05, 0) is 27.7 Å². The quantitative estimate of drug-likeness (QED) is 0.334. The molecule has 0 aromatic heterocycles. The molecule has 0 saturated carbocycles. The molecule has 7 nitrogen and oxygen atoms in total. The first-order valence-electron chi connectivity index (χ1n) is 5.30. The molecular formula is C10H17N3O4. The lowest BCUT2D eigenvalue weighted by Crippen LogP contribution is -2.63. The van der Waals surface area contributed by atoms with Gasteiger partial charge in [0.1, 0.15) is 11.5 Å². The summed E-state index contributed by atoms with van der Waals surface area (Å²) in [6.07, 6.45) is -0.766. The zero-order valence-corrected chi connectivity index (χ0v) is 10.3. The molecule has 1 aliphatic rings. The molecule has 1 saturated heterocycles. The molecular weight excluding hydrogens is 226 g/mol. The Labute approximate surface area is 99.2 Å². The van der Waals surface area contributed by atoms with Crippen LogP contribution in [0.5, 0.6) is 0 Å². The lowest BCUT2D eigenvalue weighted by Gasteiger charge is -2.32. The van der Waals surface area contributed by atoms with Gasteiger partial charge in [-0.2, -0.15) is 0 Å². The second-order valence-electron chi connectivity index (χ2n) is 4.89. The van der Waals surface area contributed by atoms with Crippen LogP contribution >= 0.6 is 0 Å². The number of β-lactam (4-membered cyclic amide) rings is 1. The maximum Gasteiger partial charge on any atom is 0.426 e. The van der Waals surface area contributed by atoms with Gasteiger partial charge in [0.25, 0.3) is 5.91 Å². The summed E-state index contributed by atoms with van der Waals surface area (Å²) in [5.74, 6) is -1.65. The molecule has 0 radical (unpaired) electrons. The molecule has 3 N–H and O–H groups in total. The van der Waals surface area contributed by atoms with Crippen molar-refractivity contribution in [1.82, 2.24) is 16.2 Å². The molecule has 0 aliphatic carbocycles. The maximum absolute atomic E-state index is 11.5. The smallest absolute Gasteiger partial charge is 0.426 e. The van der Waals surface area contributed by atoms with Crippen molar-refractivity contribution in [2.45, 2.75) is 39.3 Å². The van der Waals surface area contributed by atoms with Crippen molar-refractivity contribution in [3.8, 4) is 0 Å². The summed E-state index contributed by atoms with van der Waals surface area (Å²) in [7, 11) is 0. The number of carbonyl (C=O) groups is 3. The largest absolute Gasteiger partial charge is 0.443 e. The summed E-state index contributed by atoms with van der Waals surface area (Å²) >= 11 is 0. The van der Waals surface area contributed by atoms with Crippen LogP contribution in [0.2, 0.25) is 0 Å². The van der Waals surface area contributed by atoms with Crippen LogP contribution in [0.1, 0.15) is 27.7 Å². The van der Waals surface area contributed by atoms with Crippen molar-refractivity contribution >= 4 is 17.9 Å². The zero-order valence-electron chi connectivity index (χ0n) is 10.3. The van der Waals surface area contributed by atoms with E-state index >= 15 is 0 Å². The monoisotopic (exact) mass is 243 g/mol. The summed E-state index contributed by atoms with van der Waals surface area (Å²) in [6.45, 7) is 6.82. The second kappa shape index (κ2) is 4.60. The number of ether oxygens (including phenoxy) is 1. The van der Waals surface area contributed by atoms with Gasteiger partial charge in [0.2, 0.25) is 5.91 Å². The highest BCUT2D eigenvalue weighted by Crippen LogP contribution is 2.13. The summed E-state index contributed by atoms with van der Waals surface area (Å²) in [6, 6.07) is -0.220. The maximum atomic E-state index is 11.5. The molecule has 17 heavy (non-hydrogen) atoms. The Balaban J connectivity index is 2.34. The molecule has 1 aliphatic heterocycles. The molecule has 1 rings (SSSR count). The van der Waals surface area contributed by atoms with E-state index in [4.69, 9.17) is 4.74 Å². The van der Waals surface area contributed by atoms with E-state index in [1.165, 1.54) is 0 Å². The molecule has 0 unspecified atom stereocenters. The normalized spacial score (nSPS) is 23.2. The third-order valence-electron chi connectivity index (χ3n) is 2.12. The molecule has 3 amide bonds. The number of hydrazine groups is 1. The molecule has 96 valence electrons. The van der Waals surface area contributed by atoms with Crippen LogP contribution in [0.4, 0.5) is 4.79 Å². The van der Waals surface area contributed by atoms with Gasteiger partial charge in [0.05, 0.1) is 0 Å². The Morgan fingerprint density at radius 2 is 1.88 bits per heavy atom. The number of rotatable bonds is 1. The molecule has 2 atom stereocenters. The van der Waals surface area contributed by atoms with E-state index in [-0.39, 0.29) is 11.9 Å². The molecule has 1 heterocycles. The van der Waals surface area contributed by atoms with Crippen LogP contribution in [0.25, 0.3) is 0 Å². The van der Waals surface area contributed by atoms with Gasteiger partial charge >= 0.3 is 6.09 Å². The molecule has 0 aromatic rings. The highest BCUT2D eigenvalue weighted by Gasteiger charge is 2.41. The minimum Gasteiger partial charge on any atom is -0.443 e. The SMILES string of the molecule is C[C@@H]1NC(=O)[C@H]1C(=O)NNC(=O)OC(C)(C)C. The van der Waals surface area contributed by atoms with Gasteiger partial charge in [-0.25, -0.2) is 10.2 Å². The van der Waals surface area contributed by atoms with E-state index in [0.717, 1.165) is 0 Å². The fourth-order valence-electron chi connectivity index (χ4n) is 1.37. The van der Waals surface area contributed by atoms with Crippen LogP contribution < -0.4 is 16.2 Å². The van der Waals surface area contributed by atoms with Crippen molar-refractivity contribution in [3.05, 3.63) is 0 Å². The minimum atomic E-state index is -0.766. The molecule has 0 aromatic carbocycles. The van der Waals surface area contributed by atoms with E-state index in [0.29, 0.717) is 0 Å². The fourth-order valence-corrected chi connectivity index (χ4v) is 1.37. The van der Waals surface area contributed by atoms with Crippen LogP contribution in [-0.2, 0) is 14.3 Å². The third-order valence-corrected chi connectivity index (χ3v) is 2.12. The van der Waals surface area contributed by atoms with E-state index in [2.05, 4.69) is 16.2 Å². The Bertz CT molecular complexity index is 348. The van der Waals surface area contributed by atoms with Crippen LogP contribution in [-0.4, -0.2) is 29.6 Å². The first-order valence-corrected chi connectivity index (χ1v) is 5.30. The highest BCUT2D eigenvalue weighted by molar-refractivity contribution is 6.05. The van der Waals surface area contributed by atoms with E-state index in [9.17, 15) is 14.4 Å². The van der Waals surface area contributed by atoms with Crippen LogP contribution in [0, 0.1) is 5.92 Å². The minimum absolute atomic E-state index is 0.220. The van der Waals surface area contributed by atoms with Crippen molar-refractivity contribution in [1.29, 1.82) is 0 Å². The summed E-state index contributed by atoms with van der Waals surface area (Å²) in [4.78, 5) is 33.7. The van der Waals surface area contributed by atoms with Gasteiger partial charge in [-0.1, -0.05) is 0 Å². The van der Waals surface area contributed by atoms with Crippen molar-refractivity contribution in [2.75, 3.05) is 0 Å². The number of amides is 3. The fraction of sp³-hybridized carbons (Fsp3) is 0.700. The van der Waals surface area contributed by atoms with Gasteiger partial charge in [0.15, 0.2) is 0 Å². The molecule has 1 fully saturated rings. The predicted octanol–water partition coefficient (Wildman–Crippen LogP) is -0.323. The summed E-state index contributed by atoms with van der Waals surface area (Å²) in [5.41, 5.74) is 3.59. The third kappa shape index (κ3) is 3.61. The Hall–Kier alpha value is -1.79. The number of hydrogen-bond acceptors (Lipinski definition) is 4. The lowest BCUT2D eigenvalue weighted by molar-refractivity contribution is -0.144. The Morgan fingerprint density at radius 3 is 2.29 bits per heavy atom. The number of nitrogens with one attached hydrogen (secondary N) is 3. The zero-order chi connectivity index (χ0) is 13.2. The average Bonchev–Trinajstić information content (AvgIpc) is 2.11. The van der Waals surface area contributed by atoms with Crippen molar-refractivity contribution in [3.63, 3.8) is 0 Å². The van der Waals surface area contributed by atoms with Gasteiger partial charge in [-0.15, -0.1) is 0 Å². The van der Waals surface area contributed by atoms with E-state index in [1.54, 1.807) is 27.7 Å². The second-order valence-corrected chi connectivity index (χ2v) is 4.89. The van der Waals surface area contributed by atoms with Crippen LogP contribution in [0.3, 0.4) is 0 Å². The van der Waals surface area contributed by atoms with Crippen molar-refractivity contribution in [2.24, 2.45) is 5.92 Å². The summed E-state index contributed by atoms with van der Waals surface area (Å²) in [5, 5.41) is 2.52. The number of carbonyl (C=O) groups excluding carboxylic acids is 3. The molecule has 0 spiro atoms. The lowest BCUT2D eigenvalue weighted by atomic mass is 9.91.